The molecule has 1 aromatic rings. The molecule has 0 saturated carbocycles. The van der Waals surface area contributed by atoms with Crippen molar-refractivity contribution in [3.8, 4) is 0 Å². The molecule has 1 atom stereocenters. The number of aliphatic hydroxyl groups excluding tert-OH is 1. The normalized spacial score (nSPS) is 14.1. The van der Waals surface area contributed by atoms with Crippen LogP contribution in [-0.4, -0.2) is 30.5 Å². The SMILES string of the molecule is OC(CNCCc1ccsc1)C(F)(F)F. The second kappa shape index (κ2) is 5.48. The zero-order valence-electron chi connectivity index (χ0n) is 7.92. The molecule has 0 spiro atoms. The quantitative estimate of drug-likeness (QED) is 0.768. The minimum Gasteiger partial charge on any atom is -0.382 e. The third-order valence-electron chi connectivity index (χ3n) is 1.89. The molecular weight excluding hydrogens is 227 g/mol. The Balaban J connectivity index is 2.12. The van der Waals surface area contributed by atoms with Crippen molar-refractivity contribution in [2.75, 3.05) is 13.1 Å². The molecule has 0 radical (unpaired) electrons. The highest BCUT2D eigenvalue weighted by Crippen LogP contribution is 2.19. The summed E-state index contributed by atoms with van der Waals surface area (Å²) >= 11 is 1.55. The Hall–Kier alpha value is -0.590. The molecular formula is C9H12F3NOS. The molecule has 86 valence electrons. The zero-order chi connectivity index (χ0) is 11.3. The van der Waals surface area contributed by atoms with Gasteiger partial charge in [-0.25, -0.2) is 0 Å². The molecule has 1 heterocycles. The van der Waals surface area contributed by atoms with Crippen molar-refractivity contribution in [1.82, 2.24) is 5.32 Å². The number of halogens is 3. The first-order valence-corrected chi connectivity index (χ1v) is 5.41. The van der Waals surface area contributed by atoms with Crippen molar-refractivity contribution in [2.45, 2.75) is 18.7 Å². The lowest BCUT2D eigenvalue weighted by atomic mass is 10.2. The van der Waals surface area contributed by atoms with Crippen molar-refractivity contribution in [2.24, 2.45) is 0 Å². The maximum Gasteiger partial charge on any atom is 0.415 e. The summed E-state index contributed by atoms with van der Waals surface area (Å²) in [6, 6.07) is 1.92. The second-order valence-electron chi connectivity index (χ2n) is 3.14. The van der Waals surface area contributed by atoms with Gasteiger partial charge in [0.1, 0.15) is 0 Å². The highest BCUT2D eigenvalue weighted by molar-refractivity contribution is 7.07. The Bertz CT molecular complexity index is 273. The Morgan fingerprint density at radius 2 is 2.20 bits per heavy atom. The molecule has 0 amide bonds. The van der Waals surface area contributed by atoms with Crippen LogP contribution in [-0.2, 0) is 6.42 Å². The van der Waals surface area contributed by atoms with E-state index in [1.807, 2.05) is 16.8 Å². The first-order valence-electron chi connectivity index (χ1n) is 4.46. The van der Waals surface area contributed by atoms with Gasteiger partial charge in [-0.05, 0) is 35.4 Å². The van der Waals surface area contributed by atoms with Gasteiger partial charge in [0.2, 0.25) is 0 Å². The largest absolute Gasteiger partial charge is 0.415 e. The van der Waals surface area contributed by atoms with Crippen molar-refractivity contribution >= 4 is 11.3 Å². The van der Waals surface area contributed by atoms with E-state index in [-0.39, 0.29) is 0 Å². The van der Waals surface area contributed by atoms with Gasteiger partial charge in [-0.2, -0.15) is 24.5 Å². The number of hydrogen-bond acceptors (Lipinski definition) is 3. The van der Waals surface area contributed by atoms with Crippen LogP contribution in [0.2, 0.25) is 0 Å². The van der Waals surface area contributed by atoms with Gasteiger partial charge in [-0.3, -0.25) is 0 Å². The smallest absolute Gasteiger partial charge is 0.382 e. The topological polar surface area (TPSA) is 32.3 Å². The Kier molecular flexibility index (Phi) is 4.56. The van der Waals surface area contributed by atoms with Gasteiger partial charge in [0, 0.05) is 6.54 Å². The minimum atomic E-state index is -4.53. The number of rotatable bonds is 5. The number of aliphatic hydroxyl groups is 1. The van der Waals surface area contributed by atoms with Gasteiger partial charge >= 0.3 is 6.18 Å². The summed E-state index contributed by atoms with van der Waals surface area (Å²) in [5.41, 5.74) is 1.09. The molecule has 15 heavy (non-hydrogen) atoms. The third kappa shape index (κ3) is 4.63. The Morgan fingerprint density at radius 1 is 1.47 bits per heavy atom. The van der Waals surface area contributed by atoms with Crippen molar-refractivity contribution in [1.29, 1.82) is 0 Å². The average molecular weight is 239 g/mol. The summed E-state index contributed by atoms with van der Waals surface area (Å²) in [5.74, 6) is 0. The van der Waals surface area contributed by atoms with Gasteiger partial charge in [-0.1, -0.05) is 0 Å². The maximum absolute atomic E-state index is 11.9. The van der Waals surface area contributed by atoms with E-state index < -0.39 is 18.8 Å². The van der Waals surface area contributed by atoms with Crippen LogP contribution < -0.4 is 5.32 Å². The van der Waals surface area contributed by atoms with Crippen LogP contribution in [0.5, 0.6) is 0 Å². The third-order valence-corrected chi connectivity index (χ3v) is 2.62. The molecule has 1 unspecified atom stereocenters. The van der Waals surface area contributed by atoms with Gasteiger partial charge in [-0.15, -0.1) is 0 Å². The first kappa shape index (κ1) is 12.5. The number of hydrogen-bond donors (Lipinski definition) is 2. The second-order valence-corrected chi connectivity index (χ2v) is 3.92. The molecule has 0 aliphatic heterocycles. The van der Waals surface area contributed by atoms with Gasteiger partial charge in [0.05, 0.1) is 0 Å². The van der Waals surface area contributed by atoms with E-state index in [2.05, 4.69) is 5.32 Å². The number of alkyl halides is 3. The fourth-order valence-electron chi connectivity index (χ4n) is 1.02. The van der Waals surface area contributed by atoms with E-state index in [9.17, 15) is 13.2 Å². The van der Waals surface area contributed by atoms with Crippen molar-refractivity contribution < 1.29 is 18.3 Å². The van der Waals surface area contributed by atoms with Crippen LogP contribution in [0.4, 0.5) is 13.2 Å². The lowest BCUT2D eigenvalue weighted by Crippen LogP contribution is -2.38. The molecule has 2 N–H and O–H groups in total. The van der Waals surface area contributed by atoms with Crippen LogP contribution in [0.25, 0.3) is 0 Å². The first-order chi connectivity index (χ1) is 7.00. The van der Waals surface area contributed by atoms with Crippen LogP contribution >= 0.6 is 11.3 Å². The molecule has 0 aromatic carbocycles. The van der Waals surface area contributed by atoms with Gasteiger partial charge in [0.25, 0.3) is 0 Å². The van der Waals surface area contributed by atoms with Crippen LogP contribution in [0, 0.1) is 0 Å². The molecule has 1 rings (SSSR count). The van der Waals surface area contributed by atoms with E-state index in [1.54, 1.807) is 11.3 Å². The molecule has 2 nitrogen and oxygen atoms in total. The molecule has 0 aliphatic carbocycles. The molecule has 6 heteroatoms. The molecule has 0 aliphatic rings. The van der Waals surface area contributed by atoms with E-state index in [0.717, 1.165) is 5.56 Å². The predicted octanol–water partition coefficient (Wildman–Crippen LogP) is 1.80. The van der Waals surface area contributed by atoms with Crippen LogP contribution in [0.1, 0.15) is 5.56 Å². The zero-order valence-corrected chi connectivity index (χ0v) is 8.74. The fraction of sp³-hybridized carbons (Fsp3) is 0.556. The molecule has 1 aromatic heterocycles. The number of thiophene rings is 1. The van der Waals surface area contributed by atoms with E-state index in [0.29, 0.717) is 13.0 Å². The van der Waals surface area contributed by atoms with E-state index in [1.165, 1.54) is 0 Å². The lowest BCUT2D eigenvalue weighted by Gasteiger charge is -2.14. The maximum atomic E-state index is 11.9. The molecule has 0 saturated heterocycles. The lowest BCUT2D eigenvalue weighted by molar-refractivity contribution is -0.201. The predicted molar refractivity (Wildman–Crippen MR) is 53.0 cm³/mol. The van der Waals surface area contributed by atoms with Crippen molar-refractivity contribution in [3.63, 3.8) is 0 Å². The summed E-state index contributed by atoms with van der Waals surface area (Å²) in [6.45, 7) is -0.0164. The van der Waals surface area contributed by atoms with E-state index in [4.69, 9.17) is 5.11 Å². The highest BCUT2D eigenvalue weighted by Gasteiger charge is 2.37. The number of nitrogens with one attached hydrogen (secondary N) is 1. The average Bonchev–Trinajstić information content (AvgIpc) is 2.63. The molecule has 0 fully saturated rings. The Labute approximate surface area is 89.7 Å². The van der Waals surface area contributed by atoms with Gasteiger partial charge < -0.3 is 10.4 Å². The standard InChI is InChI=1S/C9H12F3NOS/c10-9(11,12)8(14)5-13-3-1-7-2-4-15-6-7/h2,4,6,8,13-14H,1,3,5H2. The summed E-state index contributed by atoms with van der Waals surface area (Å²) in [4.78, 5) is 0. The Morgan fingerprint density at radius 3 is 2.73 bits per heavy atom. The van der Waals surface area contributed by atoms with Gasteiger partial charge in [0.15, 0.2) is 6.10 Å². The molecule has 0 bridgehead atoms. The fourth-order valence-corrected chi connectivity index (χ4v) is 1.73. The minimum absolute atomic E-state index is 0.434. The summed E-state index contributed by atoms with van der Waals surface area (Å²) in [6.07, 6.45) is -6.14. The van der Waals surface area contributed by atoms with Crippen molar-refractivity contribution in [3.05, 3.63) is 22.4 Å². The summed E-state index contributed by atoms with van der Waals surface area (Å²) in [5, 5.41) is 15.1. The summed E-state index contributed by atoms with van der Waals surface area (Å²) in [7, 11) is 0. The monoisotopic (exact) mass is 239 g/mol. The van der Waals surface area contributed by atoms with E-state index >= 15 is 0 Å². The highest BCUT2D eigenvalue weighted by atomic mass is 32.1. The summed E-state index contributed by atoms with van der Waals surface area (Å²) < 4.78 is 35.6. The van der Waals surface area contributed by atoms with Crippen LogP contribution in [0.15, 0.2) is 16.8 Å². The van der Waals surface area contributed by atoms with Crippen LogP contribution in [0.3, 0.4) is 0 Å².